The molecule has 0 unspecified atom stereocenters. The molecule has 0 aliphatic carbocycles. The van der Waals surface area contributed by atoms with Gasteiger partial charge in [0.2, 0.25) is 0 Å². The Balaban J connectivity index is 1.38. The highest BCUT2D eigenvalue weighted by Crippen LogP contribution is 2.17. The Kier molecular flexibility index (Phi) is 6.65. The molecule has 0 bridgehead atoms. The zero-order valence-corrected chi connectivity index (χ0v) is 16.3. The monoisotopic (exact) mass is 377 g/mol. The molecule has 0 amide bonds. The van der Waals surface area contributed by atoms with Crippen molar-refractivity contribution < 1.29 is 9.47 Å². The van der Waals surface area contributed by atoms with Crippen LogP contribution in [0.2, 0.25) is 0 Å². The van der Waals surface area contributed by atoms with Gasteiger partial charge >= 0.3 is 0 Å². The Morgan fingerprint density at radius 2 is 1.69 bits per heavy atom. The number of nitrogens with zero attached hydrogens (tertiary/aromatic N) is 5. The van der Waals surface area contributed by atoms with E-state index in [1.165, 1.54) is 0 Å². The molecule has 2 aromatic rings. The third kappa shape index (κ3) is 4.84. The minimum Gasteiger partial charge on any atom is -0.497 e. The molecule has 1 aromatic carbocycles. The number of hydrogen-bond acceptors (Lipinski definition) is 6. The highest BCUT2D eigenvalue weighted by atomic mass is 32.1. The van der Waals surface area contributed by atoms with Gasteiger partial charge in [0.1, 0.15) is 24.4 Å². The molecule has 0 spiro atoms. The average Bonchev–Trinajstić information content (AvgIpc) is 3.03. The van der Waals surface area contributed by atoms with Crippen LogP contribution in [0.25, 0.3) is 0 Å². The van der Waals surface area contributed by atoms with E-state index in [9.17, 15) is 0 Å². The van der Waals surface area contributed by atoms with Crippen molar-refractivity contribution in [2.75, 3.05) is 46.4 Å². The smallest absolute Gasteiger partial charge is 0.198 e. The molecule has 1 fully saturated rings. The summed E-state index contributed by atoms with van der Waals surface area (Å²) in [6, 6.07) is 7.71. The van der Waals surface area contributed by atoms with Gasteiger partial charge in [0.25, 0.3) is 0 Å². The first-order chi connectivity index (χ1) is 12.7. The van der Waals surface area contributed by atoms with Gasteiger partial charge in [0.05, 0.1) is 13.8 Å². The van der Waals surface area contributed by atoms with Gasteiger partial charge < -0.3 is 14.0 Å². The molecule has 0 saturated carbocycles. The molecule has 26 heavy (non-hydrogen) atoms. The topological polar surface area (TPSA) is 47.7 Å². The number of hydrogen-bond donors (Lipinski definition) is 0. The van der Waals surface area contributed by atoms with Crippen LogP contribution in [0, 0.1) is 4.77 Å². The van der Waals surface area contributed by atoms with E-state index in [1.807, 2.05) is 39.8 Å². The fraction of sp³-hybridized carbons (Fsp3) is 0.556. The number of aryl methyl sites for hydroxylation is 1. The molecule has 2 heterocycles. The van der Waals surface area contributed by atoms with Crippen molar-refractivity contribution in [3.05, 3.63) is 35.4 Å². The summed E-state index contributed by atoms with van der Waals surface area (Å²) in [5, 5.41) is 4.39. The van der Waals surface area contributed by atoms with Crippen LogP contribution in [0.4, 0.5) is 0 Å². The second kappa shape index (κ2) is 9.16. The third-order valence-electron chi connectivity index (χ3n) is 4.67. The van der Waals surface area contributed by atoms with Crippen LogP contribution in [0.15, 0.2) is 30.6 Å². The molecule has 7 nitrogen and oxygen atoms in total. The summed E-state index contributed by atoms with van der Waals surface area (Å²) in [4.78, 5) is 4.83. The molecule has 8 heteroatoms. The SMILES string of the molecule is CCn1cnn(CN2CCN(CCOc3ccc(OC)cc3)CC2)c1=S. The number of ether oxygens (including phenoxy) is 2. The molecule has 0 atom stereocenters. The van der Waals surface area contributed by atoms with Crippen LogP contribution < -0.4 is 9.47 Å². The zero-order chi connectivity index (χ0) is 18.4. The summed E-state index contributed by atoms with van der Waals surface area (Å²) in [6.45, 7) is 9.44. The number of methoxy groups -OCH3 is 1. The molecular formula is C18H27N5O2S. The van der Waals surface area contributed by atoms with Gasteiger partial charge in [-0.3, -0.25) is 9.80 Å². The Labute approximate surface area is 159 Å². The van der Waals surface area contributed by atoms with Crippen LogP contribution in [-0.2, 0) is 13.2 Å². The van der Waals surface area contributed by atoms with Crippen LogP contribution in [-0.4, -0.2) is 70.6 Å². The fourth-order valence-corrected chi connectivity index (χ4v) is 3.28. The Morgan fingerprint density at radius 1 is 1.04 bits per heavy atom. The van der Waals surface area contributed by atoms with E-state index in [1.54, 1.807) is 7.11 Å². The van der Waals surface area contributed by atoms with Gasteiger partial charge in [0.15, 0.2) is 4.77 Å². The summed E-state index contributed by atoms with van der Waals surface area (Å²) < 4.78 is 15.7. The van der Waals surface area contributed by atoms with Crippen molar-refractivity contribution >= 4 is 12.2 Å². The van der Waals surface area contributed by atoms with Crippen LogP contribution >= 0.6 is 12.2 Å². The van der Waals surface area contributed by atoms with Crippen molar-refractivity contribution in [3.8, 4) is 11.5 Å². The number of aromatic nitrogens is 3. The summed E-state index contributed by atoms with van der Waals surface area (Å²) in [5.41, 5.74) is 0. The predicted molar refractivity (Wildman–Crippen MR) is 103 cm³/mol. The van der Waals surface area contributed by atoms with E-state index >= 15 is 0 Å². The van der Waals surface area contributed by atoms with Gasteiger partial charge in [-0.2, -0.15) is 5.10 Å². The zero-order valence-electron chi connectivity index (χ0n) is 15.5. The lowest BCUT2D eigenvalue weighted by atomic mass is 10.3. The summed E-state index contributed by atoms with van der Waals surface area (Å²) >= 11 is 5.44. The molecule has 0 radical (unpaired) electrons. The molecular weight excluding hydrogens is 350 g/mol. The summed E-state index contributed by atoms with van der Waals surface area (Å²) in [6.07, 6.45) is 1.81. The maximum absolute atomic E-state index is 5.82. The van der Waals surface area contributed by atoms with E-state index in [4.69, 9.17) is 21.7 Å². The van der Waals surface area contributed by atoms with E-state index < -0.39 is 0 Å². The van der Waals surface area contributed by atoms with Crippen molar-refractivity contribution in [1.82, 2.24) is 24.1 Å². The van der Waals surface area contributed by atoms with Gasteiger partial charge in [0, 0.05) is 39.3 Å². The summed E-state index contributed by atoms with van der Waals surface area (Å²) in [5.74, 6) is 1.72. The van der Waals surface area contributed by atoms with E-state index in [-0.39, 0.29) is 0 Å². The first-order valence-corrected chi connectivity index (χ1v) is 9.44. The lowest BCUT2D eigenvalue weighted by Gasteiger charge is -2.34. The van der Waals surface area contributed by atoms with Gasteiger partial charge in [-0.05, 0) is 43.4 Å². The van der Waals surface area contributed by atoms with E-state index in [0.717, 1.165) is 62.2 Å². The summed E-state index contributed by atoms with van der Waals surface area (Å²) in [7, 11) is 1.67. The number of rotatable bonds is 8. The largest absolute Gasteiger partial charge is 0.497 e. The quantitative estimate of drug-likeness (QED) is 0.657. The minimum absolute atomic E-state index is 0.693. The van der Waals surface area contributed by atoms with E-state index in [0.29, 0.717) is 6.61 Å². The maximum Gasteiger partial charge on any atom is 0.198 e. The highest BCUT2D eigenvalue weighted by Gasteiger charge is 2.17. The number of piperazine rings is 1. The normalized spacial score (nSPS) is 15.9. The Hall–Kier alpha value is -1.90. The Morgan fingerprint density at radius 3 is 2.31 bits per heavy atom. The van der Waals surface area contributed by atoms with Gasteiger partial charge in [-0.25, -0.2) is 4.68 Å². The molecule has 1 aromatic heterocycles. The van der Waals surface area contributed by atoms with Crippen LogP contribution in [0.3, 0.4) is 0 Å². The van der Waals surface area contributed by atoms with Crippen molar-refractivity contribution in [1.29, 1.82) is 0 Å². The highest BCUT2D eigenvalue weighted by molar-refractivity contribution is 7.71. The van der Waals surface area contributed by atoms with Crippen LogP contribution in [0.5, 0.6) is 11.5 Å². The molecule has 1 aliphatic heterocycles. The van der Waals surface area contributed by atoms with E-state index in [2.05, 4.69) is 21.8 Å². The molecule has 142 valence electrons. The van der Waals surface area contributed by atoms with Crippen molar-refractivity contribution in [2.24, 2.45) is 0 Å². The lowest BCUT2D eigenvalue weighted by Crippen LogP contribution is -2.47. The standard InChI is InChI=1S/C18H27N5O2S/c1-3-22-14-19-23(18(22)26)15-21-10-8-20(9-11-21)12-13-25-17-6-4-16(24-2)5-7-17/h4-7,14H,3,8-13,15H2,1-2H3. The average molecular weight is 378 g/mol. The fourth-order valence-electron chi connectivity index (χ4n) is 2.99. The van der Waals surface area contributed by atoms with Gasteiger partial charge in [-0.15, -0.1) is 0 Å². The maximum atomic E-state index is 5.82. The first-order valence-electron chi connectivity index (χ1n) is 9.03. The Bertz CT molecular complexity index is 735. The van der Waals surface area contributed by atoms with Crippen molar-refractivity contribution in [2.45, 2.75) is 20.1 Å². The lowest BCUT2D eigenvalue weighted by molar-refractivity contribution is 0.0920. The number of benzene rings is 1. The van der Waals surface area contributed by atoms with Gasteiger partial charge in [-0.1, -0.05) is 0 Å². The minimum atomic E-state index is 0.693. The van der Waals surface area contributed by atoms with Crippen molar-refractivity contribution in [3.63, 3.8) is 0 Å². The third-order valence-corrected chi connectivity index (χ3v) is 5.12. The predicted octanol–water partition coefficient (Wildman–Crippen LogP) is 2.10. The molecule has 1 aliphatic rings. The second-order valence-corrected chi connectivity index (χ2v) is 6.69. The molecule has 3 rings (SSSR count). The first kappa shape index (κ1) is 18.9. The van der Waals surface area contributed by atoms with Crippen LogP contribution in [0.1, 0.15) is 6.92 Å². The molecule has 0 N–H and O–H groups in total. The molecule has 1 saturated heterocycles. The second-order valence-electron chi connectivity index (χ2n) is 6.32.